The predicted molar refractivity (Wildman–Crippen MR) is 84.3 cm³/mol. The maximum atomic E-state index is 11.6. The van der Waals surface area contributed by atoms with E-state index in [2.05, 4.69) is 15.3 Å². The van der Waals surface area contributed by atoms with Gasteiger partial charge in [-0.15, -0.1) is 0 Å². The van der Waals surface area contributed by atoms with E-state index in [-0.39, 0.29) is 31.0 Å². The summed E-state index contributed by atoms with van der Waals surface area (Å²) in [6, 6.07) is 1.69. The van der Waals surface area contributed by atoms with Gasteiger partial charge in [-0.3, -0.25) is 19.2 Å². The van der Waals surface area contributed by atoms with E-state index in [4.69, 9.17) is 10.8 Å². The number of aromatic nitrogens is 2. The highest BCUT2D eigenvalue weighted by molar-refractivity contribution is 5.79. The number of aryl methyl sites for hydroxylation is 2. The van der Waals surface area contributed by atoms with Crippen LogP contribution in [0.15, 0.2) is 6.07 Å². The Morgan fingerprint density at radius 3 is 2.96 bits per heavy atom. The first-order valence-corrected chi connectivity index (χ1v) is 7.97. The summed E-state index contributed by atoms with van der Waals surface area (Å²) < 4.78 is 1.95. The average molecular weight is 323 g/mol. The zero-order chi connectivity index (χ0) is 16.8. The van der Waals surface area contributed by atoms with Crippen molar-refractivity contribution in [2.24, 2.45) is 5.73 Å². The number of fused-ring (bicyclic) bond motifs is 1. The number of rotatable bonds is 7. The van der Waals surface area contributed by atoms with Gasteiger partial charge in [0.15, 0.2) is 0 Å². The lowest BCUT2D eigenvalue weighted by Crippen LogP contribution is -2.42. The third-order valence-corrected chi connectivity index (χ3v) is 4.10. The van der Waals surface area contributed by atoms with Gasteiger partial charge < -0.3 is 16.2 Å². The minimum atomic E-state index is -0.321. The molecule has 0 fully saturated rings. The van der Waals surface area contributed by atoms with E-state index in [0.717, 1.165) is 30.9 Å². The standard InChI is InChI=1S/C15H25N5O3/c1-11(15(16)23)19-6-2-7-20-13(10-19)9-12(18-20)3-4-14(22)17-5-8-21/h9,11,21H,2-8,10H2,1H3,(H2,16,23)(H,17,22)/t11-/m1/s1. The molecule has 1 atom stereocenters. The van der Waals surface area contributed by atoms with Crippen LogP contribution in [0.5, 0.6) is 0 Å². The van der Waals surface area contributed by atoms with Gasteiger partial charge in [0.1, 0.15) is 0 Å². The zero-order valence-corrected chi connectivity index (χ0v) is 13.5. The number of amides is 2. The molecule has 0 aromatic carbocycles. The van der Waals surface area contributed by atoms with E-state index < -0.39 is 0 Å². The van der Waals surface area contributed by atoms with Crippen molar-refractivity contribution >= 4 is 11.8 Å². The molecule has 0 unspecified atom stereocenters. The van der Waals surface area contributed by atoms with Gasteiger partial charge in [0, 0.05) is 39.0 Å². The Morgan fingerprint density at radius 2 is 2.26 bits per heavy atom. The fourth-order valence-corrected chi connectivity index (χ4v) is 2.70. The highest BCUT2D eigenvalue weighted by Crippen LogP contribution is 2.16. The SMILES string of the molecule is C[C@H](C(N)=O)N1CCCn2nc(CCC(=O)NCCO)cc2C1. The summed E-state index contributed by atoms with van der Waals surface area (Å²) >= 11 is 0. The Balaban J connectivity index is 1.96. The lowest BCUT2D eigenvalue weighted by atomic mass is 10.2. The number of nitrogens with one attached hydrogen (secondary N) is 1. The number of nitrogens with two attached hydrogens (primary N) is 1. The van der Waals surface area contributed by atoms with Crippen LogP contribution in [0, 0.1) is 0 Å². The molecule has 128 valence electrons. The van der Waals surface area contributed by atoms with E-state index >= 15 is 0 Å². The molecule has 2 amide bonds. The summed E-state index contributed by atoms with van der Waals surface area (Å²) in [5, 5.41) is 15.8. The largest absolute Gasteiger partial charge is 0.395 e. The summed E-state index contributed by atoms with van der Waals surface area (Å²) in [5.41, 5.74) is 7.31. The van der Waals surface area contributed by atoms with E-state index in [1.54, 1.807) is 0 Å². The second-order valence-electron chi connectivity index (χ2n) is 5.83. The van der Waals surface area contributed by atoms with E-state index in [0.29, 0.717) is 19.4 Å². The van der Waals surface area contributed by atoms with E-state index in [9.17, 15) is 9.59 Å². The number of aliphatic hydroxyl groups excluding tert-OH is 1. The fraction of sp³-hybridized carbons (Fsp3) is 0.667. The molecule has 0 bridgehead atoms. The quantitative estimate of drug-likeness (QED) is 0.596. The minimum absolute atomic E-state index is 0.0571. The first kappa shape index (κ1) is 17.4. The van der Waals surface area contributed by atoms with Crippen molar-refractivity contribution in [2.75, 3.05) is 19.7 Å². The van der Waals surface area contributed by atoms with Gasteiger partial charge >= 0.3 is 0 Å². The summed E-state index contributed by atoms with van der Waals surface area (Å²) in [6.45, 7) is 4.28. The number of carbonyl (C=O) groups is 2. The topological polar surface area (TPSA) is 113 Å². The predicted octanol–water partition coefficient (Wildman–Crippen LogP) is -0.996. The van der Waals surface area contributed by atoms with Crippen molar-refractivity contribution < 1.29 is 14.7 Å². The Morgan fingerprint density at radius 1 is 1.48 bits per heavy atom. The number of nitrogens with zero attached hydrogens (tertiary/aromatic N) is 3. The van der Waals surface area contributed by atoms with Crippen molar-refractivity contribution in [2.45, 2.75) is 45.3 Å². The van der Waals surface area contributed by atoms with Crippen molar-refractivity contribution in [1.29, 1.82) is 0 Å². The minimum Gasteiger partial charge on any atom is -0.395 e. The van der Waals surface area contributed by atoms with Crippen LogP contribution in [0.2, 0.25) is 0 Å². The Labute approximate surface area is 135 Å². The van der Waals surface area contributed by atoms with Gasteiger partial charge in [-0.2, -0.15) is 5.10 Å². The van der Waals surface area contributed by atoms with E-state index in [1.807, 2.05) is 17.7 Å². The van der Waals surface area contributed by atoms with Crippen molar-refractivity contribution in [3.05, 3.63) is 17.5 Å². The van der Waals surface area contributed by atoms with Crippen molar-refractivity contribution in [3.63, 3.8) is 0 Å². The summed E-state index contributed by atoms with van der Waals surface area (Å²) in [5.74, 6) is -0.412. The molecule has 0 aliphatic carbocycles. The van der Waals surface area contributed by atoms with Crippen molar-refractivity contribution in [1.82, 2.24) is 20.0 Å². The third-order valence-electron chi connectivity index (χ3n) is 4.10. The molecule has 0 saturated heterocycles. The van der Waals surface area contributed by atoms with Gasteiger partial charge in [-0.25, -0.2) is 0 Å². The van der Waals surface area contributed by atoms with Crippen LogP contribution < -0.4 is 11.1 Å². The molecule has 8 heteroatoms. The highest BCUT2D eigenvalue weighted by Gasteiger charge is 2.23. The second-order valence-corrected chi connectivity index (χ2v) is 5.83. The molecule has 0 radical (unpaired) electrons. The molecule has 0 spiro atoms. The maximum Gasteiger partial charge on any atom is 0.234 e. The molecule has 1 aromatic rings. The summed E-state index contributed by atoms with van der Waals surface area (Å²) in [6.07, 6.45) is 1.81. The Bertz CT molecular complexity index is 557. The molecule has 8 nitrogen and oxygen atoms in total. The first-order valence-electron chi connectivity index (χ1n) is 7.97. The number of carbonyl (C=O) groups excluding carboxylic acids is 2. The molecule has 4 N–H and O–H groups in total. The number of primary amides is 1. The maximum absolute atomic E-state index is 11.6. The number of hydrogen-bond donors (Lipinski definition) is 3. The molecule has 1 aliphatic rings. The van der Waals surface area contributed by atoms with Gasteiger partial charge in [-0.05, 0) is 19.4 Å². The monoisotopic (exact) mass is 323 g/mol. The van der Waals surface area contributed by atoms with Crippen LogP contribution in [0.25, 0.3) is 0 Å². The molecular weight excluding hydrogens is 298 g/mol. The first-order chi connectivity index (χ1) is 11.0. The number of hydrogen-bond acceptors (Lipinski definition) is 5. The molecule has 1 aliphatic heterocycles. The normalized spacial score (nSPS) is 16.4. The molecular formula is C15H25N5O3. The molecule has 0 saturated carbocycles. The van der Waals surface area contributed by atoms with Gasteiger partial charge in [0.25, 0.3) is 0 Å². The third kappa shape index (κ3) is 4.77. The molecule has 1 aromatic heterocycles. The molecule has 2 heterocycles. The van der Waals surface area contributed by atoms with Crippen molar-refractivity contribution in [3.8, 4) is 0 Å². The smallest absolute Gasteiger partial charge is 0.234 e. The van der Waals surface area contributed by atoms with Crippen LogP contribution in [0.1, 0.15) is 31.2 Å². The van der Waals surface area contributed by atoms with Crippen LogP contribution in [0.3, 0.4) is 0 Å². The second kappa shape index (κ2) is 8.07. The van der Waals surface area contributed by atoms with Crippen LogP contribution in [0.4, 0.5) is 0 Å². The number of aliphatic hydroxyl groups is 1. The average Bonchev–Trinajstić information content (AvgIpc) is 2.80. The lowest BCUT2D eigenvalue weighted by molar-refractivity contribution is -0.123. The Kier molecular flexibility index (Phi) is 6.12. The van der Waals surface area contributed by atoms with Gasteiger partial charge in [0.2, 0.25) is 11.8 Å². The molecule has 23 heavy (non-hydrogen) atoms. The van der Waals surface area contributed by atoms with Gasteiger partial charge in [0.05, 0.1) is 24.0 Å². The Hall–Kier alpha value is -1.93. The van der Waals surface area contributed by atoms with E-state index in [1.165, 1.54) is 0 Å². The highest BCUT2D eigenvalue weighted by atomic mass is 16.3. The summed E-state index contributed by atoms with van der Waals surface area (Å²) in [4.78, 5) is 25.0. The fourth-order valence-electron chi connectivity index (χ4n) is 2.70. The van der Waals surface area contributed by atoms with Crippen LogP contribution in [-0.2, 0) is 29.1 Å². The van der Waals surface area contributed by atoms with Gasteiger partial charge in [-0.1, -0.05) is 0 Å². The zero-order valence-electron chi connectivity index (χ0n) is 13.5. The molecule has 2 rings (SSSR count). The summed E-state index contributed by atoms with van der Waals surface area (Å²) in [7, 11) is 0. The lowest BCUT2D eigenvalue weighted by Gasteiger charge is -2.24. The van der Waals surface area contributed by atoms with Crippen LogP contribution in [-0.4, -0.2) is 57.3 Å². The van der Waals surface area contributed by atoms with Crippen LogP contribution >= 0.6 is 0 Å².